The van der Waals surface area contributed by atoms with Crippen LogP contribution in [-0.4, -0.2) is 29.6 Å². The first-order valence-electron chi connectivity index (χ1n) is 10.1. The van der Waals surface area contributed by atoms with Crippen molar-refractivity contribution in [3.63, 3.8) is 0 Å². The third-order valence-electron chi connectivity index (χ3n) is 5.14. The molecule has 7 heteroatoms. The number of nitrogens with zero attached hydrogens (tertiary/aromatic N) is 1. The van der Waals surface area contributed by atoms with Gasteiger partial charge in [0.25, 0.3) is 0 Å². The molecule has 33 heavy (non-hydrogen) atoms. The van der Waals surface area contributed by atoms with Crippen LogP contribution in [0.4, 0.5) is 4.39 Å². The SMILES string of the molecule is COc1ccc(C=CC(=O)c2cccc(-n3c(-c4ccc(F)cc4)c[nH]c3=O)c2)cc1OC. The molecule has 0 saturated carbocycles. The Balaban J connectivity index is 1.64. The summed E-state index contributed by atoms with van der Waals surface area (Å²) < 4.78 is 25.3. The number of imidazole rings is 1. The standard InChI is InChI=1S/C26H21FN2O4/c1-32-24-13-7-17(14-25(24)33-2)6-12-23(30)19-4-3-5-21(15-19)29-22(16-28-26(29)31)18-8-10-20(27)11-9-18/h3-16H,1-2H3,(H,28,31). The highest BCUT2D eigenvalue weighted by Gasteiger charge is 2.13. The van der Waals surface area contributed by atoms with Gasteiger partial charge in [0.05, 0.1) is 25.6 Å². The van der Waals surface area contributed by atoms with Gasteiger partial charge in [-0.05, 0) is 60.2 Å². The van der Waals surface area contributed by atoms with Crippen LogP contribution >= 0.6 is 0 Å². The van der Waals surface area contributed by atoms with Crippen LogP contribution < -0.4 is 15.2 Å². The Morgan fingerprint density at radius 2 is 1.73 bits per heavy atom. The number of carbonyl (C=O) groups excluding carboxylic acids is 1. The van der Waals surface area contributed by atoms with Crippen LogP contribution in [0.5, 0.6) is 11.5 Å². The lowest BCUT2D eigenvalue weighted by atomic mass is 10.1. The molecule has 3 aromatic carbocycles. The molecule has 0 aliphatic heterocycles. The van der Waals surface area contributed by atoms with Crippen molar-refractivity contribution >= 4 is 11.9 Å². The number of aromatic amines is 1. The Labute approximate surface area is 189 Å². The van der Waals surface area contributed by atoms with Gasteiger partial charge in [0.2, 0.25) is 0 Å². The van der Waals surface area contributed by atoms with E-state index in [1.165, 1.54) is 22.8 Å². The Bertz CT molecular complexity index is 1380. The second kappa shape index (κ2) is 9.40. The van der Waals surface area contributed by atoms with Gasteiger partial charge in [-0.15, -0.1) is 0 Å². The molecule has 0 radical (unpaired) electrons. The number of hydrogen-bond acceptors (Lipinski definition) is 4. The number of benzene rings is 3. The fraction of sp³-hybridized carbons (Fsp3) is 0.0769. The van der Waals surface area contributed by atoms with E-state index in [1.54, 1.807) is 75.0 Å². The first-order chi connectivity index (χ1) is 16.0. The number of ether oxygens (including phenoxy) is 2. The number of rotatable bonds is 7. The smallest absolute Gasteiger partial charge is 0.330 e. The minimum Gasteiger partial charge on any atom is -0.493 e. The highest BCUT2D eigenvalue weighted by Crippen LogP contribution is 2.28. The molecule has 0 aliphatic carbocycles. The Morgan fingerprint density at radius 1 is 0.970 bits per heavy atom. The average molecular weight is 444 g/mol. The lowest BCUT2D eigenvalue weighted by Gasteiger charge is -2.09. The van der Waals surface area contributed by atoms with Gasteiger partial charge in [0, 0.05) is 17.3 Å². The molecular formula is C26H21FN2O4. The second-order valence-electron chi connectivity index (χ2n) is 7.18. The van der Waals surface area contributed by atoms with E-state index < -0.39 is 0 Å². The van der Waals surface area contributed by atoms with E-state index in [1.807, 2.05) is 6.07 Å². The van der Waals surface area contributed by atoms with Crippen molar-refractivity contribution in [2.75, 3.05) is 14.2 Å². The molecule has 0 atom stereocenters. The van der Waals surface area contributed by atoms with E-state index in [-0.39, 0.29) is 17.3 Å². The van der Waals surface area contributed by atoms with Gasteiger partial charge in [-0.2, -0.15) is 0 Å². The van der Waals surface area contributed by atoms with Crippen LogP contribution in [-0.2, 0) is 0 Å². The third-order valence-corrected chi connectivity index (χ3v) is 5.14. The molecule has 0 saturated heterocycles. The third kappa shape index (κ3) is 4.62. The van der Waals surface area contributed by atoms with Crippen LogP contribution in [0, 0.1) is 5.82 Å². The van der Waals surface area contributed by atoms with Gasteiger partial charge in [0.15, 0.2) is 17.3 Å². The maximum absolute atomic E-state index is 13.3. The molecule has 1 N–H and O–H groups in total. The van der Waals surface area contributed by atoms with Crippen molar-refractivity contribution in [2.24, 2.45) is 0 Å². The Hall–Kier alpha value is -4.39. The number of methoxy groups -OCH3 is 2. The summed E-state index contributed by atoms with van der Waals surface area (Å²) >= 11 is 0. The number of aromatic nitrogens is 2. The zero-order valence-corrected chi connectivity index (χ0v) is 18.0. The van der Waals surface area contributed by atoms with Crippen LogP contribution in [0.3, 0.4) is 0 Å². The van der Waals surface area contributed by atoms with Crippen LogP contribution in [0.1, 0.15) is 15.9 Å². The molecule has 4 aromatic rings. The first kappa shape index (κ1) is 21.8. The quantitative estimate of drug-likeness (QED) is 0.326. The number of hydrogen-bond donors (Lipinski definition) is 1. The summed E-state index contributed by atoms with van der Waals surface area (Å²) in [6.45, 7) is 0. The van der Waals surface area contributed by atoms with Gasteiger partial charge >= 0.3 is 5.69 Å². The van der Waals surface area contributed by atoms with E-state index in [0.29, 0.717) is 34.0 Å². The van der Waals surface area contributed by atoms with E-state index in [9.17, 15) is 14.0 Å². The zero-order chi connectivity index (χ0) is 23.4. The fourth-order valence-corrected chi connectivity index (χ4v) is 3.48. The zero-order valence-electron chi connectivity index (χ0n) is 18.0. The predicted molar refractivity (Wildman–Crippen MR) is 125 cm³/mol. The summed E-state index contributed by atoms with van der Waals surface area (Å²) in [5.41, 5.74) is 2.58. The maximum Gasteiger partial charge on any atom is 0.330 e. The molecule has 0 bridgehead atoms. The van der Waals surface area contributed by atoms with Crippen molar-refractivity contribution in [1.29, 1.82) is 0 Å². The molecule has 166 valence electrons. The van der Waals surface area contributed by atoms with Crippen molar-refractivity contribution in [3.05, 3.63) is 106 Å². The van der Waals surface area contributed by atoms with E-state index in [2.05, 4.69) is 4.98 Å². The van der Waals surface area contributed by atoms with Gasteiger partial charge in [-0.1, -0.05) is 24.3 Å². The summed E-state index contributed by atoms with van der Waals surface area (Å²) in [5, 5.41) is 0. The monoisotopic (exact) mass is 444 g/mol. The number of carbonyl (C=O) groups is 1. The summed E-state index contributed by atoms with van der Waals surface area (Å²) in [4.78, 5) is 28.0. The second-order valence-corrected chi connectivity index (χ2v) is 7.18. The van der Waals surface area contributed by atoms with Crippen LogP contribution in [0.2, 0.25) is 0 Å². The molecule has 0 spiro atoms. The topological polar surface area (TPSA) is 73.3 Å². The minimum atomic E-state index is -0.364. The Kier molecular flexibility index (Phi) is 6.22. The highest BCUT2D eigenvalue weighted by atomic mass is 19.1. The molecule has 1 heterocycles. The molecular weight excluding hydrogens is 423 g/mol. The molecule has 4 rings (SSSR count). The summed E-state index contributed by atoms with van der Waals surface area (Å²) in [7, 11) is 3.10. The molecule has 0 unspecified atom stereocenters. The van der Waals surface area contributed by atoms with Crippen LogP contribution in [0.15, 0.2) is 83.8 Å². The molecule has 0 fully saturated rings. The normalized spacial score (nSPS) is 11.0. The highest BCUT2D eigenvalue weighted by molar-refractivity contribution is 6.07. The largest absolute Gasteiger partial charge is 0.493 e. The summed E-state index contributed by atoms with van der Waals surface area (Å²) in [6.07, 6.45) is 4.70. The number of H-pyrrole nitrogens is 1. The van der Waals surface area contributed by atoms with Crippen molar-refractivity contribution < 1.29 is 18.7 Å². The fourth-order valence-electron chi connectivity index (χ4n) is 3.48. The first-order valence-corrected chi connectivity index (χ1v) is 10.1. The number of allylic oxidation sites excluding steroid dienone is 1. The van der Waals surface area contributed by atoms with Gasteiger partial charge in [-0.25, -0.2) is 9.18 Å². The van der Waals surface area contributed by atoms with Crippen molar-refractivity contribution in [2.45, 2.75) is 0 Å². The molecule has 0 aliphatic rings. The summed E-state index contributed by atoms with van der Waals surface area (Å²) in [5.74, 6) is 0.576. The van der Waals surface area contributed by atoms with Gasteiger partial charge in [0.1, 0.15) is 5.82 Å². The van der Waals surface area contributed by atoms with Gasteiger partial charge in [-0.3, -0.25) is 9.36 Å². The lowest BCUT2D eigenvalue weighted by molar-refractivity contribution is 0.104. The number of halogens is 1. The minimum absolute atomic E-state index is 0.224. The number of ketones is 1. The van der Waals surface area contributed by atoms with Crippen molar-refractivity contribution in [3.8, 4) is 28.4 Å². The summed E-state index contributed by atoms with van der Waals surface area (Å²) in [6, 6.07) is 18.0. The molecule has 6 nitrogen and oxygen atoms in total. The maximum atomic E-state index is 13.3. The lowest BCUT2D eigenvalue weighted by Crippen LogP contribution is -2.16. The van der Waals surface area contributed by atoms with E-state index >= 15 is 0 Å². The predicted octanol–water partition coefficient (Wildman–Crippen LogP) is 4.89. The van der Waals surface area contributed by atoms with Gasteiger partial charge < -0.3 is 14.5 Å². The van der Waals surface area contributed by atoms with E-state index in [4.69, 9.17) is 9.47 Å². The van der Waals surface area contributed by atoms with Crippen LogP contribution in [0.25, 0.3) is 23.0 Å². The van der Waals surface area contributed by atoms with Crippen molar-refractivity contribution in [1.82, 2.24) is 9.55 Å². The Morgan fingerprint density at radius 3 is 2.45 bits per heavy atom. The van der Waals surface area contributed by atoms with E-state index in [0.717, 1.165) is 5.56 Å². The average Bonchev–Trinajstić information content (AvgIpc) is 3.24. The number of nitrogens with one attached hydrogen (secondary N) is 1. The molecule has 0 amide bonds. The molecule has 1 aromatic heterocycles.